The molecule has 0 saturated carbocycles. The van der Waals surface area contributed by atoms with Crippen LogP contribution in [0.4, 0.5) is 5.69 Å². The maximum absolute atomic E-state index is 10.6. The Hall–Kier alpha value is -2.03. The van der Waals surface area contributed by atoms with Crippen LogP contribution in [0.2, 0.25) is 5.02 Å². The molecular formula is C17H19ClN4O. The number of aromatic nitrogens is 2. The molecule has 2 atom stereocenters. The molecule has 1 saturated heterocycles. The van der Waals surface area contributed by atoms with E-state index in [4.69, 9.17) is 16.9 Å². The molecule has 1 aromatic carbocycles. The SMILES string of the molecule is Cn1ccnc1[C@@H](O)[C@@H]1CCCN(c2ccc(C#N)c(Cl)c2)C1. The molecule has 1 aliphatic heterocycles. The summed E-state index contributed by atoms with van der Waals surface area (Å²) in [7, 11) is 1.90. The average Bonchev–Trinajstić information content (AvgIpc) is 3.00. The number of nitrogens with zero attached hydrogens (tertiary/aromatic N) is 4. The van der Waals surface area contributed by atoms with Gasteiger partial charge >= 0.3 is 0 Å². The molecule has 0 amide bonds. The van der Waals surface area contributed by atoms with Crippen LogP contribution in [-0.4, -0.2) is 27.7 Å². The summed E-state index contributed by atoms with van der Waals surface area (Å²) in [6.45, 7) is 1.67. The van der Waals surface area contributed by atoms with E-state index in [-0.39, 0.29) is 5.92 Å². The molecule has 23 heavy (non-hydrogen) atoms. The third kappa shape index (κ3) is 3.19. The van der Waals surface area contributed by atoms with Gasteiger partial charge < -0.3 is 14.6 Å². The summed E-state index contributed by atoms with van der Waals surface area (Å²) in [6.07, 6.45) is 4.95. The maximum Gasteiger partial charge on any atom is 0.137 e. The van der Waals surface area contributed by atoms with Crippen molar-refractivity contribution in [3.05, 3.63) is 47.0 Å². The molecule has 1 fully saturated rings. The fourth-order valence-electron chi connectivity index (χ4n) is 3.17. The van der Waals surface area contributed by atoms with Crippen LogP contribution in [0.15, 0.2) is 30.6 Å². The van der Waals surface area contributed by atoms with E-state index in [1.54, 1.807) is 12.3 Å². The van der Waals surface area contributed by atoms with Crippen molar-refractivity contribution in [1.29, 1.82) is 5.26 Å². The lowest BCUT2D eigenvalue weighted by atomic mass is 9.91. The number of hydrogen-bond acceptors (Lipinski definition) is 4. The number of aliphatic hydroxyl groups is 1. The summed E-state index contributed by atoms with van der Waals surface area (Å²) in [5, 5.41) is 20.1. The van der Waals surface area contributed by atoms with Crippen LogP contribution in [0.1, 0.15) is 30.3 Å². The predicted octanol–water partition coefficient (Wildman–Crippen LogP) is 2.90. The number of hydrogen-bond donors (Lipinski definition) is 1. The molecular weight excluding hydrogens is 312 g/mol. The first kappa shape index (κ1) is 15.9. The predicted molar refractivity (Wildman–Crippen MR) is 89.3 cm³/mol. The Bertz CT molecular complexity index is 736. The summed E-state index contributed by atoms with van der Waals surface area (Å²) < 4.78 is 1.86. The highest BCUT2D eigenvalue weighted by Crippen LogP contribution is 2.32. The van der Waals surface area contributed by atoms with E-state index < -0.39 is 6.10 Å². The molecule has 1 N–H and O–H groups in total. The van der Waals surface area contributed by atoms with Gasteiger partial charge in [0, 0.05) is 44.1 Å². The van der Waals surface area contributed by atoms with Gasteiger partial charge in [0.2, 0.25) is 0 Å². The number of halogens is 1. The van der Waals surface area contributed by atoms with Crippen LogP contribution >= 0.6 is 11.6 Å². The van der Waals surface area contributed by atoms with Gasteiger partial charge in [-0.1, -0.05) is 11.6 Å². The van der Waals surface area contributed by atoms with Crippen LogP contribution in [0.5, 0.6) is 0 Å². The van der Waals surface area contributed by atoms with E-state index in [9.17, 15) is 5.11 Å². The van der Waals surface area contributed by atoms with E-state index in [0.717, 1.165) is 31.6 Å². The van der Waals surface area contributed by atoms with E-state index in [1.807, 2.05) is 29.9 Å². The fraction of sp³-hybridized carbons (Fsp3) is 0.412. The Morgan fingerprint density at radius 3 is 2.96 bits per heavy atom. The van der Waals surface area contributed by atoms with Gasteiger partial charge in [0.1, 0.15) is 18.0 Å². The number of rotatable bonds is 3. The van der Waals surface area contributed by atoms with Crippen molar-refractivity contribution < 1.29 is 5.11 Å². The van der Waals surface area contributed by atoms with E-state index in [1.165, 1.54) is 0 Å². The average molecular weight is 331 g/mol. The quantitative estimate of drug-likeness (QED) is 0.939. The molecule has 2 aromatic rings. The lowest BCUT2D eigenvalue weighted by molar-refractivity contribution is 0.0875. The number of nitriles is 1. The van der Waals surface area contributed by atoms with Gasteiger partial charge in [0.25, 0.3) is 0 Å². The maximum atomic E-state index is 10.6. The first-order chi connectivity index (χ1) is 11.1. The molecule has 6 heteroatoms. The van der Waals surface area contributed by atoms with Gasteiger partial charge in [0.15, 0.2) is 0 Å². The number of aryl methyl sites for hydroxylation is 1. The Balaban J connectivity index is 1.77. The molecule has 0 aliphatic carbocycles. The zero-order valence-corrected chi connectivity index (χ0v) is 13.7. The van der Waals surface area contributed by atoms with Gasteiger partial charge in [-0.25, -0.2) is 4.98 Å². The second kappa shape index (κ2) is 6.61. The summed E-state index contributed by atoms with van der Waals surface area (Å²) in [6, 6.07) is 7.57. The Morgan fingerprint density at radius 1 is 1.48 bits per heavy atom. The topological polar surface area (TPSA) is 65.1 Å². The summed E-state index contributed by atoms with van der Waals surface area (Å²) >= 11 is 6.14. The molecule has 0 bridgehead atoms. The number of imidazole rings is 1. The van der Waals surface area contributed by atoms with Crippen molar-refractivity contribution in [3.63, 3.8) is 0 Å². The second-order valence-electron chi connectivity index (χ2n) is 5.97. The number of piperidine rings is 1. The highest BCUT2D eigenvalue weighted by molar-refractivity contribution is 6.32. The monoisotopic (exact) mass is 330 g/mol. The van der Waals surface area contributed by atoms with Gasteiger partial charge in [-0.15, -0.1) is 0 Å². The smallest absolute Gasteiger partial charge is 0.137 e. The van der Waals surface area contributed by atoms with Gasteiger partial charge in [-0.2, -0.15) is 5.26 Å². The molecule has 0 radical (unpaired) electrons. The van der Waals surface area contributed by atoms with E-state index in [0.29, 0.717) is 16.4 Å². The first-order valence-electron chi connectivity index (χ1n) is 7.70. The van der Waals surface area contributed by atoms with Crippen molar-refractivity contribution in [2.75, 3.05) is 18.0 Å². The zero-order chi connectivity index (χ0) is 16.4. The van der Waals surface area contributed by atoms with Crippen molar-refractivity contribution in [3.8, 4) is 6.07 Å². The lowest BCUT2D eigenvalue weighted by Crippen LogP contribution is -2.38. The van der Waals surface area contributed by atoms with Gasteiger partial charge in [0.05, 0.1) is 10.6 Å². The number of anilines is 1. The zero-order valence-electron chi connectivity index (χ0n) is 13.0. The minimum absolute atomic E-state index is 0.124. The number of benzene rings is 1. The molecule has 0 unspecified atom stereocenters. The standard InChI is InChI=1S/C17H19ClN4O/c1-21-8-6-20-17(21)16(23)13-3-2-7-22(11-13)14-5-4-12(10-19)15(18)9-14/h4-6,8-9,13,16,23H,2-3,7,11H2,1H3/t13-,16+/m1/s1. The van der Waals surface area contributed by atoms with Crippen LogP contribution in [0, 0.1) is 17.2 Å². The third-order valence-corrected chi connectivity index (χ3v) is 4.78. The summed E-state index contributed by atoms with van der Waals surface area (Å²) in [5.74, 6) is 0.828. The van der Waals surface area contributed by atoms with E-state index in [2.05, 4.69) is 16.0 Å². The highest BCUT2D eigenvalue weighted by atomic mass is 35.5. The summed E-state index contributed by atoms with van der Waals surface area (Å²) in [4.78, 5) is 6.48. The molecule has 3 rings (SSSR count). The molecule has 1 aromatic heterocycles. The first-order valence-corrected chi connectivity index (χ1v) is 8.08. The third-order valence-electron chi connectivity index (χ3n) is 4.47. The van der Waals surface area contributed by atoms with E-state index >= 15 is 0 Å². The van der Waals surface area contributed by atoms with Crippen molar-refractivity contribution in [1.82, 2.24) is 9.55 Å². The minimum Gasteiger partial charge on any atom is -0.385 e. The number of aliphatic hydroxyl groups excluding tert-OH is 1. The highest BCUT2D eigenvalue weighted by Gasteiger charge is 2.29. The molecule has 5 nitrogen and oxygen atoms in total. The molecule has 0 spiro atoms. The molecule has 1 aliphatic rings. The Labute approximate surface area is 140 Å². The second-order valence-corrected chi connectivity index (χ2v) is 6.37. The van der Waals surface area contributed by atoms with Crippen LogP contribution in [0.25, 0.3) is 0 Å². The minimum atomic E-state index is -0.577. The van der Waals surface area contributed by atoms with Gasteiger partial charge in [-0.3, -0.25) is 0 Å². The van der Waals surface area contributed by atoms with Crippen LogP contribution in [0.3, 0.4) is 0 Å². The van der Waals surface area contributed by atoms with Crippen molar-refractivity contribution >= 4 is 17.3 Å². The fourth-order valence-corrected chi connectivity index (χ4v) is 3.38. The molecule has 2 heterocycles. The van der Waals surface area contributed by atoms with Crippen LogP contribution in [-0.2, 0) is 7.05 Å². The van der Waals surface area contributed by atoms with Crippen molar-refractivity contribution in [2.45, 2.75) is 18.9 Å². The van der Waals surface area contributed by atoms with Crippen molar-refractivity contribution in [2.24, 2.45) is 13.0 Å². The largest absolute Gasteiger partial charge is 0.385 e. The Kier molecular flexibility index (Phi) is 4.56. The lowest BCUT2D eigenvalue weighted by Gasteiger charge is -2.36. The normalized spacial score (nSPS) is 19.4. The Morgan fingerprint density at radius 2 is 2.30 bits per heavy atom. The molecule has 120 valence electrons. The van der Waals surface area contributed by atoms with Crippen LogP contribution < -0.4 is 4.90 Å². The van der Waals surface area contributed by atoms with Gasteiger partial charge in [-0.05, 0) is 31.0 Å². The summed E-state index contributed by atoms with van der Waals surface area (Å²) in [5.41, 5.74) is 1.47.